The molecule has 1 amide bonds. The molecule has 0 unspecified atom stereocenters. The molecule has 0 N–H and O–H groups in total. The molecule has 0 bridgehead atoms. The van der Waals surface area contributed by atoms with Gasteiger partial charge < -0.3 is 28.4 Å². The van der Waals surface area contributed by atoms with E-state index in [1.165, 1.54) is 4.57 Å². The topological polar surface area (TPSA) is 144 Å². The van der Waals surface area contributed by atoms with E-state index < -0.39 is 0 Å². The first kappa shape index (κ1) is 38.4. The van der Waals surface area contributed by atoms with Gasteiger partial charge in [0.15, 0.2) is 11.2 Å². The second-order valence-corrected chi connectivity index (χ2v) is 12.9. The Morgan fingerprint density at radius 3 is 2.18 bits per heavy atom. The maximum atomic E-state index is 13.9. The highest BCUT2D eigenvalue weighted by Gasteiger charge is 2.26. The summed E-state index contributed by atoms with van der Waals surface area (Å²) in [5.74, 6) is 0.696. The number of likely N-dealkylation sites (tertiary alicyclic amines) is 1. The van der Waals surface area contributed by atoms with Crippen LogP contribution in [-0.4, -0.2) is 74.9 Å². The number of rotatable bonds is 19. The molecule has 1 aliphatic rings. The molecule has 0 spiro atoms. The molecule has 1 saturated heterocycles. The molecular formula is C37H53N5O8. The molecule has 1 aromatic carbocycles. The van der Waals surface area contributed by atoms with Gasteiger partial charge in [0, 0.05) is 44.9 Å². The van der Waals surface area contributed by atoms with Gasteiger partial charge in [0.1, 0.15) is 12.4 Å². The molecule has 4 rings (SSSR count). The Morgan fingerprint density at radius 1 is 0.880 bits per heavy atom. The van der Waals surface area contributed by atoms with Crippen LogP contribution in [0.15, 0.2) is 35.1 Å². The molecule has 0 saturated carbocycles. The molecule has 1 aliphatic heterocycles. The number of amides is 1. The van der Waals surface area contributed by atoms with E-state index in [0.717, 1.165) is 30.7 Å². The third-order valence-corrected chi connectivity index (χ3v) is 8.84. The van der Waals surface area contributed by atoms with Crippen LogP contribution in [-0.2, 0) is 43.4 Å². The Morgan fingerprint density at radius 2 is 1.54 bits per heavy atom. The molecular weight excluding hydrogens is 642 g/mol. The molecule has 3 heterocycles. The van der Waals surface area contributed by atoms with Crippen LogP contribution < -0.4 is 10.3 Å². The van der Waals surface area contributed by atoms with Gasteiger partial charge in [0.05, 0.1) is 19.8 Å². The Labute approximate surface area is 294 Å². The average Bonchev–Trinajstić information content (AvgIpc) is 3.48. The van der Waals surface area contributed by atoms with Crippen LogP contribution >= 0.6 is 0 Å². The number of piperidine rings is 1. The van der Waals surface area contributed by atoms with Crippen LogP contribution in [0.1, 0.15) is 103 Å². The van der Waals surface area contributed by atoms with Gasteiger partial charge >= 0.3 is 24.0 Å². The third-order valence-electron chi connectivity index (χ3n) is 8.84. The summed E-state index contributed by atoms with van der Waals surface area (Å²) in [5.41, 5.74) is 1.46. The quantitative estimate of drug-likeness (QED) is 0.0832. The second kappa shape index (κ2) is 19.7. The first-order valence-electron chi connectivity index (χ1n) is 18.1. The molecule has 13 heteroatoms. The third kappa shape index (κ3) is 11.0. The highest BCUT2D eigenvalue weighted by Crippen LogP contribution is 2.26. The van der Waals surface area contributed by atoms with E-state index in [-0.39, 0.29) is 55.3 Å². The highest BCUT2D eigenvalue weighted by molar-refractivity contribution is 5.71. The predicted octanol–water partition coefficient (Wildman–Crippen LogP) is 6.00. The minimum Gasteiger partial charge on any atom is -0.466 e. The van der Waals surface area contributed by atoms with E-state index in [4.69, 9.17) is 28.9 Å². The van der Waals surface area contributed by atoms with Gasteiger partial charge in [0.2, 0.25) is 0 Å². The van der Waals surface area contributed by atoms with Crippen molar-refractivity contribution in [2.75, 3.05) is 32.9 Å². The van der Waals surface area contributed by atoms with Crippen molar-refractivity contribution in [3.63, 3.8) is 0 Å². The van der Waals surface area contributed by atoms with Gasteiger partial charge in [0.25, 0.3) is 5.56 Å². The fraction of sp³-hybridized carbons (Fsp3) is 0.622. The monoisotopic (exact) mass is 695 g/mol. The summed E-state index contributed by atoms with van der Waals surface area (Å²) in [5, 5.41) is 0. The number of unbranched alkanes of at least 4 members (excludes halogenated alkanes) is 2. The minimum absolute atomic E-state index is 0.000915. The van der Waals surface area contributed by atoms with E-state index in [9.17, 15) is 19.2 Å². The number of ether oxygens (including phenoxy) is 4. The summed E-state index contributed by atoms with van der Waals surface area (Å²) in [6, 6.07) is 9.87. The van der Waals surface area contributed by atoms with Gasteiger partial charge in [-0.3, -0.25) is 19.0 Å². The number of carbonyl (C=O) groups excluding carboxylic acids is 3. The maximum absolute atomic E-state index is 13.9. The Hall–Kier alpha value is -4.42. The largest absolute Gasteiger partial charge is 0.466 e. The molecule has 0 atom stereocenters. The van der Waals surface area contributed by atoms with Crippen molar-refractivity contribution in [2.45, 2.75) is 111 Å². The molecule has 0 radical (unpaired) electrons. The van der Waals surface area contributed by atoms with Gasteiger partial charge in [-0.15, -0.1) is 0 Å². The van der Waals surface area contributed by atoms with Gasteiger partial charge in [-0.25, -0.2) is 9.78 Å². The summed E-state index contributed by atoms with van der Waals surface area (Å²) in [4.78, 5) is 61.7. The van der Waals surface area contributed by atoms with Gasteiger partial charge in [-0.05, 0) is 84.1 Å². The van der Waals surface area contributed by atoms with E-state index >= 15 is 0 Å². The summed E-state index contributed by atoms with van der Waals surface area (Å²) in [7, 11) is 0. The number of nitrogens with zero attached hydrogens (tertiary/aromatic N) is 5. The summed E-state index contributed by atoms with van der Waals surface area (Å²) < 4.78 is 25.2. The van der Waals surface area contributed by atoms with Crippen LogP contribution in [0.2, 0.25) is 0 Å². The van der Waals surface area contributed by atoms with Crippen LogP contribution in [0, 0.1) is 5.92 Å². The number of imidazole rings is 1. The smallest absolute Gasteiger partial charge is 0.410 e. The van der Waals surface area contributed by atoms with Crippen molar-refractivity contribution in [3.05, 3.63) is 52.1 Å². The summed E-state index contributed by atoms with van der Waals surface area (Å²) >= 11 is 0. The fourth-order valence-electron chi connectivity index (χ4n) is 6.20. The zero-order valence-corrected chi connectivity index (χ0v) is 30.1. The molecule has 13 nitrogen and oxygen atoms in total. The number of carbonyl (C=O) groups is 3. The normalized spacial score (nSPS) is 13.5. The Bertz CT molecular complexity index is 1590. The number of benzene rings is 1. The predicted molar refractivity (Wildman–Crippen MR) is 188 cm³/mol. The lowest BCUT2D eigenvalue weighted by atomic mass is 9.92. The van der Waals surface area contributed by atoms with Crippen LogP contribution in [0.3, 0.4) is 0 Å². The summed E-state index contributed by atoms with van der Waals surface area (Å²) in [6.45, 7) is 10.5. The molecule has 3 aromatic rings. The fourth-order valence-corrected chi connectivity index (χ4v) is 6.20. The molecule has 2 aromatic heterocycles. The molecule has 274 valence electrons. The van der Waals surface area contributed by atoms with Crippen molar-refractivity contribution in [2.24, 2.45) is 5.92 Å². The van der Waals surface area contributed by atoms with Crippen molar-refractivity contribution in [1.29, 1.82) is 0 Å². The van der Waals surface area contributed by atoms with Crippen LogP contribution in [0.4, 0.5) is 4.79 Å². The van der Waals surface area contributed by atoms with Crippen molar-refractivity contribution in [1.82, 2.24) is 24.0 Å². The second-order valence-electron chi connectivity index (χ2n) is 12.9. The van der Waals surface area contributed by atoms with E-state index in [2.05, 4.69) is 0 Å². The molecule has 0 aliphatic carbocycles. The number of fused-ring (bicyclic) bond motifs is 1. The van der Waals surface area contributed by atoms with E-state index in [0.29, 0.717) is 88.5 Å². The Balaban J connectivity index is 1.43. The molecule has 50 heavy (non-hydrogen) atoms. The van der Waals surface area contributed by atoms with Crippen LogP contribution in [0.5, 0.6) is 6.01 Å². The maximum Gasteiger partial charge on any atom is 0.410 e. The number of aryl methyl sites for hydroxylation is 1. The number of aromatic nitrogens is 4. The Kier molecular flexibility index (Phi) is 15.1. The zero-order chi connectivity index (χ0) is 35.9. The SMILES string of the molecule is CCOC(=O)CCCCOc1nc2c(nc(CCC3CCN(C(=O)OCc4ccccc4)CC3)n2C(C)C)c(=O)n1CCCCC(=O)OCC. The molecule has 1 fully saturated rings. The van der Waals surface area contributed by atoms with Crippen molar-refractivity contribution >= 4 is 29.2 Å². The van der Waals surface area contributed by atoms with Crippen molar-refractivity contribution < 1.29 is 33.3 Å². The number of hydrogen-bond donors (Lipinski definition) is 0. The van der Waals surface area contributed by atoms with Crippen LogP contribution in [0.25, 0.3) is 11.2 Å². The standard InChI is InChI=1S/C37H53N5O8/c1-5-47-31(43)16-10-12-22-41-35(45)33-34(39-36(41)49-25-13-11-17-32(44)48-6-2)42(27(3)4)30(38-33)19-18-28-20-23-40(24-21-28)37(46)50-26-29-14-8-7-9-15-29/h7-9,14-15,27-28H,5-6,10-13,16-26H2,1-4H3. The zero-order valence-electron chi connectivity index (χ0n) is 30.1. The first-order chi connectivity index (χ1) is 24.2. The lowest BCUT2D eigenvalue weighted by molar-refractivity contribution is -0.144. The summed E-state index contributed by atoms with van der Waals surface area (Å²) in [6.07, 6.45) is 5.84. The number of esters is 2. The minimum atomic E-state index is -0.283. The van der Waals surface area contributed by atoms with Gasteiger partial charge in [-0.1, -0.05) is 30.3 Å². The highest BCUT2D eigenvalue weighted by atomic mass is 16.6. The van der Waals surface area contributed by atoms with E-state index in [1.54, 1.807) is 18.7 Å². The van der Waals surface area contributed by atoms with Gasteiger partial charge in [-0.2, -0.15) is 4.98 Å². The lowest BCUT2D eigenvalue weighted by Crippen LogP contribution is -2.38. The first-order valence-corrected chi connectivity index (χ1v) is 18.1. The number of hydrogen-bond acceptors (Lipinski definition) is 10. The average molecular weight is 696 g/mol. The lowest BCUT2D eigenvalue weighted by Gasteiger charge is -2.31. The van der Waals surface area contributed by atoms with E-state index in [1.807, 2.05) is 48.7 Å². The van der Waals surface area contributed by atoms with Crippen molar-refractivity contribution in [3.8, 4) is 6.01 Å².